The van der Waals surface area contributed by atoms with Crippen LogP contribution in [0.1, 0.15) is 144 Å². The van der Waals surface area contributed by atoms with E-state index in [4.69, 9.17) is 34.9 Å². The summed E-state index contributed by atoms with van der Waals surface area (Å²) in [6.07, 6.45) is 11.0. The van der Waals surface area contributed by atoms with Gasteiger partial charge in [0.1, 0.15) is 24.7 Å². The molecule has 3 amide bonds. The molecule has 0 saturated carbocycles. The maximum absolute atomic E-state index is 12.4. The van der Waals surface area contributed by atoms with Gasteiger partial charge in [0, 0.05) is 114 Å². The van der Waals surface area contributed by atoms with E-state index in [-0.39, 0.29) is 90.2 Å². The minimum atomic E-state index is -0.937. The third-order valence-electron chi connectivity index (χ3n) is 13.2. The molecule has 6 aromatic carbocycles. The van der Waals surface area contributed by atoms with Crippen molar-refractivity contribution in [3.63, 3.8) is 0 Å². The number of ketones is 1. The SMILES string of the molecule is C#Cc1ccc(C(=O)N[C@H](C(=O)OC)C(C)C)cc1.C#Cc1ccc(C(=O)O)cc1.CC(C)[C@H](NC(=O)c1ccc(C#Cc2ccc([N+](=O)[O-])cc2)cc1)C(=O)CO.CCOC(=O)[C@@H](N)CC.CCOC(=O)[C@@H](NC(=O)c1ccc(C#Cc2ccc([N+](=O)[O-])cc2)cc1)C(C)C.[3H][B].[U]. The standard InChI is InChI=1S/C22H22N2O5.C21H20N2O5.C15H17NO3.C9H6O2.C6H13NO2.BH.U/c1-4-29-22(26)20(15(2)3)23-21(25)18-11-7-16(8-12-18)5-6-17-9-13-19(14-10-17)24(27)28;1-14(2)20(19(25)13-24)22-21(26)17-9-5-15(6-10-17)3-4-16-7-11-18(12-8-16)23(27)28;1-5-11-6-8-12(9-7-11)14(17)16-13(10(2)3)15(18)19-4;1-2-7-3-5-8(6-4-7)9(10)11;1-3-5(7)6(8)9-4-2;;/h7-15,20H,4H2,1-3H3,(H,23,25);5-12,14,20,24H,13H2,1-2H3,(H,22,26);1,6-10,13H,2-4H3,(H,16,17);1,3-6H,(H,10,11);5H,3-4,7H2,1-2H3;1H;/t2*20-;13-;;5-;;/m000.0../s1/i;;;;;1T;. The molecule has 510 valence electrons. The number of hydrogen-bond acceptors (Lipinski definition) is 17. The molecule has 0 aromatic heterocycles. The van der Waals surface area contributed by atoms with E-state index in [1.165, 1.54) is 43.5 Å². The normalized spacial score (nSPS) is 11.0. The number of nitrogens with one attached hydrogen (secondary N) is 3. The number of esters is 3. The number of aromatic carboxylic acids is 1. The quantitative estimate of drug-likeness (QED) is 0.0105. The van der Waals surface area contributed by atoms with Gasteiger partial charge >= 0.3 is 23.9 Å². The van der Waals surface area contributed by atoms with Crippen molar-refractivity contribution < 1.29 is 104 Å². The fraction of sp³-hybridized carbons (Fsp3) is 0.288. The Morgan fingerprint density at radius 2 is 0.776 bits per heavy atom. The summed E-state index contributed by atoms with van der Waals surface area (Å²) in [7, 11) is 5.05. The fourth-order valence-electron chi connectivity index (χ4n) is 7.62. The Hall–Kier alpha value is -10.6. The van der Waals surface area contributed by atoms with Crippen molar-refractivity contribution in [3.05, 3.63) is 221 Å². The minimum Gasteiger partial charge on any atom is -0.478 e. The van der Waals surface area contributed by atoms with E-state index < -0.39 is 70.2 Å². The molecule has 2 radical (unpaired) electrons. The Morgan fingerprint density at radius 3 is 1.03 bits per heavy atom. The molecule has 6 rings (SSSR count). The molecule has 6 aromatic rings. The van der Waals surface area contributed by atoms with E-state index >= 15 is 0 Å². The van der Waals surface area contributed by atoms with Crippen molar-refractivity contribution in [2.75, 3.05) is 26.9 Å². The van der Waals surface area contributed by atoms with Crippen molar-refractivity contribution in [1.29, 1.82) is 1.34 Å². The second-order valence-corrected chi connectivity index (χ2v) is 21.3. The molecule has 0 aliphatic carbocycles. The number of ether oxygens (including phenoxy) is 3. The Balaban J connectivity index is 0.00000127. The summed E-state index contributed by atoms with van der Waals surface area (Å²) in [5, 5.41) is 46.8. The number of non-ortho nitro benzene ring substituents is 2. The zero-order valence-electron chi connectivity index (χ0n) is 56.9. The number of hydrogen-bond donors (Lipinski definition) is 6. The number of aliphatic hydroxyl groups is 1. The van der Waals surface area contributed by atoms with Crippen molar-refractivity contribution in [2.45, 2.75) is 92.9 Å². The first kappa shape index (κ1) is 85.4. The molecule has 0 aliphatic rings. The molecule has 25 heteroatoms. The maximum Gasteiger partial charge on any atom is 0.335 e. The van der Waals surface area contributed by atoms with E-state index in [1.54, 1.807) is 137 Å². The van der Waals surface area contributed by atoms with E-state index in [0.29, 0.717) is 63.1 Å². The largest absolute Gasteiger partial charge is 0.478 e. The van der Waals surface area contributed by atoms with E-state index in [9.17, 15) is 58.6 Å². The third-order valence-corrected chi connectivity index (χ3v) is 13.2. The molecule has 0 bridgehead atoms. The van der Waals surface area contributed by atoms with Crippen LogP contribution >= 0.6 is 0 Å². The number of rotatable bonds is 20. The topological polar surface area (TPSA) is 353 Å². The van der Waals surface area contributed by atoms with E-state index in [0.717, 1.165) is 0 Å². The number of nitro benzene ring substituents is 2. The smallest absolute Gasteiger partial charge is 0.335 e. The molecular formula is C73H79BN6O17U. The molecule has 23 nitrogen and oxygen atoms in total. The number of benzene rings is 6. The van der Waals surface area contributed by atoms with Crippen LogP contribution in [0.3, 0.4) is 0 Å². The number of nitrogens with two attached hydrogens (primary N) is 1. The number of carboxylic acids is 1. The Labute approximate surface area is 597 Å². The number of Topliss-reactive ketones (excluding diaryl/α,β-unsaturated/α-hetero) is 1. The molecule has 0 fully saturated rings. The van der Waals surface area contributed by atoms with Crippen LogP contribution < -0.4 is 21.7 Å². The molecule has 0 heterocycles. The van der Waals surface area contributed by atoms with Gasteiger partial charge in [-0.25, -0.2) is 14.4 Å². The number of nitrogens with zero attached hydrogens (tertiary/aromatic N) is 2. The van der Waals surface area contributed by atoms with E-state index in [2.05, 4.69) is 69.3 Å². The number of nitro groups is 2. The Kier molecular flexibility index (Phi) is 40.5. The van der Waals surface area contributed by atoms with Crippen LogP contribution in [-0.4, -0.2) is 128 Å². The zero-order chi connectivity index (χ0) is 74.0. The summed E-state index contributed by atoms with van der Waals surface area (Å²) in [6, 6.07) is 35.2. The summed E-state index contributed by atoms with van der Waals surface area (Å²) in [6.45, 7) is 16.3. The summed E-state index contributed by atoms with van der Waals surface area (Å²) in [5.41, 5.74) is 10.8. The van der Waals surface area contributed by atoms with Crippen molar-refractivity contribution >= 4 is 67.1 Å². The molecule has 98 heavy (non-hydrogen) atoms. The maximum atomic E-state index is 12.4. The number of aliphatic hydroxyl groups excluding tert-OH is 1. The summed E-state index contributed by atoms with van der Waals surface area (Å²) < 4.78 is 19.6. The number of amides is 3. The first-order valence-corrected chi connectivity index (χ1v) is 29.9. The predicted molar refractivity (Wildman–Crippen MR) is 368 cm³/mol. The predicted octanol–water partition coefficient (Wildman–Crippen LogP) is 8.22. The molecule has 0 unspecified atom stereocenters. The molecule has 0 spiro atoms. The van der Waals surface area contributed by atoms with Crippen LogP contribution in [0.2, 0.25) is 0 Å². The average Bonchev–Trinajstić information content (AvgIpc) is 0.928. The molecule has 4 atom stereocenters. The Bertz CT molecular complexity index is 3840. The molecule has 0 aliphatic heterocycles. The fourth-order valence-corrected chi connectivity index (χ4v) is 7.62. The molecule has 7 N–H and O–H groups in total. The van der Waals surface area contributed by atoms with Gasteiger partial charge in [-0.15, -0.1) is 12.8 Å². The second-order valence-electron chi connectivity index (χ2n) is 21.3. The van der Waals surface area contributed by atoms with Crippen molar-refractivity contribution in [1.82, 2.24) is 16.0 Å². The third kappa shape index (κ3) is 31.3. The molecular weight excluding hydrogens is 1480 g/mol. The number of methoxy groups -OCH3 is 1. The van der Waals surface area contributed by atoms with Crippen molar-refractivity contribution in [3.8, 4) is 48.4 Å². The van der Waals surface area contributed by atoms with Gasteiger partial charge < -0.3 is 46.1 Å². The summed E-state index contributed by atoms with van der Waals surface area (Å²) in [4.78, 5) is 113. The van der Waals surface area contributed by atoms with Gasteiger partial charge in [-0.05, 0) is 161 Å². The van der Waals surface area contributed by atoms with Gasteiger partial charge in [0.05, 0.1) is 41.8 Å². The van der Waals surface area contributed by atoms with Crippen molar-refractivity contribution in [2.24, 2.45) is 23.5 Å². The Morgan fingerprint density at radius 1 is 0.500 bits per heavy atom. The van der Waals surface area contributed by atoms with Gasteiger partial charge in [0.15, 0.2) is 5.78 Å². The van der Waals surface area contributed by atoms with Crippen LogP contribution in [0.4, 0.5) is 11.4 Å². The number of terminal acetylenes is 2. The van der Waals surface area contributed by atoms with E-state index in [1.807, 2.05) is 34.6 Å². The van der Waals surface area contributed by atoms with Gasteiger partial charge in [0.2, 0.25) is 0 Å². The summed E-state index contributed by atoms with van der Waals surface area (Å²) in [5.74, 6) is 12.6. The first-order chi connectivity index (χ1) is 46.6. The van der Waals surface area contributed by atoms with Crippen LogP contribution in [-0.2, 0) is 33.4 Å². The second kappa shape index (κ2) is 46.5. The first-order valence-electron chi connectivity index (χ1n) is 30.5. The number of carboxylic acid groups (broad SMARTS) is 1. The van der Waals surface area contributed by atoms with Crippen LogP contribution in [0, 0.1) is 117 Å². The monoisotopic (exact) mass is 1560 g/mol. The number of carbonyl (C=O) groups excluding carboxylic acids is 7. The number of carbonyl (C=O) groups is 8. The molecule has 0 saturated heterocycles. The van der Waals surface area contributed by atoms with Crippen LogP contribution in [0.5, 0.6) is 0 Å². The van der Waals surface area contributed by atoms with Gasteiger partial charge in [-0.2, -0.15) is 0 Å². The van der Waals surface area contributed by atoms with Gasteiger partial charge in [-0.3, -0.25) is 44.2 Å². The minimum absolute atomic E-state index is 0. The average molecular weight is 1560 g/mol. The summed E-state index contributed by atoms with van der Waals surface area (Å²) >= 11 is 0. The van der Waals surface area contributed by atoms with Crippen LogP contribution in [0.25, 0.3) is 0 Å². The van der Waals surface area contributed by atoms with Crippen LogP contribution in [0.15, 0.2) is 146 Å². The van der Waals surface area contributed by atoms with Gasteiger partial charge in [0.25, 0.3) is 29.1 Å². The van der Waals surface area contributed by atoms with Gasteiger partial charge in [-0.1, -0.05) is 84.0 Å². The zero-order valence-corrected chi connectivity index (χ0v) is 60.1.